The number of hydrogen-bond donors (Lipinski definition) is 3. The van der Waals surface area contributed by atoms with Crippen LogP contribution in [0.4, 0.5) is 5.69 Å². The van der Waals surface area contributed by atoms with Crippen molar-refractivity contribution in [3.63, 3.8) is 0 Å². The molecule has 4 N–H and O–H groups in total. The number of ketones is 2. The predicted molar refractivity (Wildman–Crippen MR) is 161 cm³/mol. The van der Waals surface area contributed by atoms with E-state index in [9.17, 15) is 19.8 Å². The number of carbonyl (C=O) groups is 2. The second-order valence-corrected chi connectivity index (χ2v) is 14.0. The minimum Gasteiger partial charge on any atom is -0.399 e. The number of rotatable bonds is 3. The molecule has 7 nitrogen and oxygen atoms in total. The molecule has 1 unspecified atom stereocenters. The summed E-state index contributed by atoms with van der Waals surface area (Å²) < 4.78 is 13.4. The molecule has 1 aromatic rings. The van der Waals surface area contributed by atoms with Crippen molar-refractivity contribution < 1.29 is 29.3 Å². The van der Waals surface area contributed by atoms with E-state index in [2.05, 4.69) is 31.8 Å². The minimum atomic E-state index is -1.31. The van der Waals surface area contributed by atoms with Gasteiger partial charge in [-0.1, -0.05) is 55.6 Å². The summed E-state index contributed by atoms with van der Waals surface area (Å²) in [5.41, 5.74) is 7.26. The lowest BCUT2D eigenvalue weighted by Crippen LogP contribution is -2.64. The Morgan fingerprint density at radius 1 is 1.21 bits per heavy atom. The highest BCUT2D eigenvalue weighted by Gasteiger charge is 2.76. The first-order valence-electron chi connectivity index (χ1n) is 15.7. The van der Waals surface area contributed by atoms with E-state index in [0.717, 1.165) is 30.4 Å². The Labute approximate surface area is 253 Å². The Morgan fingerprint density at radius 2 is 2.05 bits per heavy atom. The fourth-order valence-corrected chi connectivity index (χ4v) is 9.96. The summed E-state index contributed by atoms with van der Waals surface area (Å²) in [5, 5.41) is 22.1. The van der Waals surface area contributed by atoms with Crippen molar-refractivity contribution in [2.24, 2.45) is 34.5 Å². The van der Waals surface area contributed by atoms with Gasteiger partial charge in [-0.3, -0.25) is 9.59 Å². The number of benzene rings is 1. The molecule has 4 fully saturated rings. The van der Waals surface area contributed by atoms with Gasteiger partial charge in [0.1, 0.15) is 6.61 Å². The van der Waals surface area contributed by atoms with E-state index in [1.54, 1.807) is 0 Å². The van der Waals surface area contributed by atoms with E-state index in [1.807, 2.05) is 42.5 Å². The molecule has 6 aliphatic rings. The van der Waals surface area contributed by atoms with Crippen molar-refractivity contribution in [2.75, 3.05) is 12.3 Å². The van der Waals surface area contributed by atoms with Crippen LogP contribution in [0, 0.1) is 46.3 Å². The topological polar surface area (TPSA) is 119 Å². The van der Waals surface area contributed by atoms with Crippen LogP contribution in [0.5, 0.6) is 0 Å². The van der Waals surface area contributed by atoms with Crippen molar-refractivity contribution in [1.82, 2.24) is 0 Å². The van der Waals surface area contributed by atoms with E-state index in [4.69, 9.17) is 15.2 Å². The highest BCUT2D eigenvalue weighted by molar-refractivity contribution is 5.92. The first-order valence-corrected chi connectivity index (χ1v) is 15.7. The van der Waals surface area contributed by atoms with E-state index in [0.29, 0.717) is 31.4 Å². The molecule has 0 aromatic heterocycles. The summed E-state index contributed by atoms with van der Waals surface area (Å²) in [7, 11) is 0. The number of ether oxygens (including phenoxy) is 2. The van der Waals surface area contributed by atoms with Crippen molar-refractivity contribution in [2.45, 2.75) is 82.9 Å². The number of Topliss-reactive ketones (excluding diaryl/α,β-unsaturated/α-hetero) is 1. The van der Waals surface area contributed by atoms with Gasteiger partial charge in [-0.15, -0.1) is 0 Å². The number of aliphatic hydroxyl groups is 2. The maximum atomic E-state index is 13.8. The molecule has 0 spiro atoms. The van der Waals surface area contributed by atoms with E-state index >= 15 is 0 Å². The third-order valence-electron chi connectivity index (χ3n) is 11.9. The largest absolute Gasteiger partial charge is 0.399 e. The van der Waals surface area contributed by atoms with Crippen LogP contribution in [-0.2, 0) is 19.1 Å². The van der Waals surface area contributed by atoms with Crippen LogP contribution in [0.3, 0.4) is 0 Å². The summed E-state index contributed by atoms with van der Waals surface area (Å²) in [6.45, 7) is 3.67. The summed E-state index contributed by atoms with van der Waals surface area (Å²) in [6.07, 6.45) is 10.8. The molecule has 1 heterocycles. The Hall–Kier alpha value is -3.02. The zero-order valence-electron chi connectivity index (χ0n) is 24.9. The van der Waals surface area contributed by atoms with Gasteiger partial charge in [0.2, 0.25) is 0 Å². The monoisotopic (exact) mass is 583 g/mol. The number of allylic oxidation sites excluding steroid dienone is 4. The zero-order chi connectivity index (χ0) is 30.1. The summed E-state index contributed by atoms with van der Waals surface area (Å²) >= 11 is 0. The standard InChI is InChI=1S/C36H41NO6/c1-34-15-14-26(39)17-24(34)12-13-27-28-18-31-36(30(41)20-38,35(28,2)19-29(40)32(27)34)43-33(42-31)23-10-8-21(9-11-23)6-7-22-4-3-5-25(37)16-22/h3-5,8-10,16-17,23,27-29,31-33,38,40H,11-15,18-20,37H2,1-2H3/t23?,27-,28-,29-,31+,32+,33+,34-,35-,36+/m0/s1. The highest BCUT2D eigenvalue weighted by atomic mass is 16.7. The van der Waals surface area contributed by atoms with Crippen LogP contribution in [0.25, 0.3) is 0 Å². The maximum absolute atomic E-state index is 13.8. The van der Waals surface area contributed by atoms with E-state index < -0.39 is 36.1 Å². The normalized spacial score (nSPS) is 42.9. The number of nitrogen functional groups attached to an aromatic ring is 1. The Morgan fingerprint density at radius 3 is 2.79 bits per heavy atom. The average Bonchev–Trinajstić information content (AvgIpc) is 3.49. The molecule has 1 aromatic carbocycles. The molecule has 3 saturated carbocycles. The fourth-order valence-electron chi connectivity index (χ4n) is 9.96. The Balaban J connectivity index is 1.13. The van der Waals surface area contributed by atoms with Gasteiger partial charge < -0.3 is 25.4 Å². The van der Waals surface area contributed by atoms with Gasteiger partial charge in [-0.25, -0.2) is 0 Å². The number of aliphatic hydroxyl groups excluding tert-OH is 2. The molecule has 10 atom stereocenters. The number of carbonyl (C=O) groups excluding carboxylic acids is 2. The van der Waals surface area contributed by atoms with E-state index in [-0.39, 0.29) is 40.7 Å². The third-order valence-corrected chi connectivity index (χ3v) is 11.9. The molecule has 5 aliphatic carbocycles. The van der Waals surface area contributed by atoms with Gasteiger partial charge in [0, 0.05) is 34.6 Å². The molecule has 226 valence electrons. The molecule has 0 amide bonds. The lowest BCUT2D eigenvalue weighted by molar-refractivity contribution is -0.207. The van der Waals surface area contributed by atoms with Gasteiger partial charge in [-0.05, 0) is 86.0 Å². The van der Waals surface area contributed by atoms with Crippen LogP contribution in [-0.4, -0.2) is 52.5 Å². The molecule has 7 rings (SSSR count). The second-order valence-electron chi connectivity index (χ2n) is 14.0. The van der Waals surface area contributed by atoms with Gasteiger partial charge in [0.15, 0.2) is 23.5 Å². The number of hydrogen-bond acceptors (Lipinski definition) is 7. The van der Waals surface area contributed by atoms with Crippen molar-refractivity contribution in [3.8, 4) is 11.8 Å². The lowest BCUT2D eigenvalue weighted by Gasteiger charge is -2.60. The summed E-state index contributed by atoms with van der Waals surface area (Å²) in [4.78, 5) is 26.0. The highest BCUT2D eigenvalue weighted by Crippen LogP contribution is 2.70. The quantitative estimate of drug-likeness (QED) is 0.359. The molecule has 0 radical (unpaired) electrons. The smallest absolute Gasteiger partial charge is 0.193 e. The molecule has 0 bridgehead atoms. The molecule has 1 aliphatic heterocycles. The van der Waals surface area contributed by atoms with Crippen LogP contribution < -0.4 is 5.73 Å². The van der Waals surface area contributed by atoms with E-state index in [1.165, 1.54) is 5.57 Å². The minimum absolute atomic E-state index is 0.0212. The van der Waals surface area contributed by atoms with Gasteiger partial charge in [-0.2, -0.15) is 0 Å². The maximum Gasteiger partial charge on any atom is 0.193 e. The summed E-state index contributed by atoms with van der Waals surface area (Å²) in [5.74, 6) is 6.39. The van der Waals surface area contributed by atoms with Crippen molar-refractivity contribution in [1.29, 1.82) is 0 Å². The number of anilines is 1. The summed E-state index contributed by atoms with van der Waals surface area (Å²) in [6, 6.07) is 7.48. The van der Waals surface area contributed by atoms with Crippen LogP contribution in [0.1, 0.15) is 64.4 Å². The Kier molecular flexibility index (Phi) is 6.87. The first kappa shape index (κ1) is 28.7. The van der Waals surface area contributed by atoms with Crippen LogP contribution in [0.15, 0.2) is 59.7 Å². The van der Waals surface area contributed by atoms with Gasteiger partial charge in [0.25, 0.3) is 0 Å². The fraction of sp³-hybridized carbons (Fsp3) is 0.556. The SMILES string of the molecule is C[C@]12CCC(=O)C=C1CC[C@@H]1[C@@H]2[C@@H](O)C[C@@]2(C)[C@H]1C[C@H]1O[C@@H](C3C=CC(C#Cc4cccc(N)c4)=CC3)O[C@]12C(=O)CO. The predicted octanol–water partition coefficient (Wildman–Crippen LogP) is 4.28. The number of nitrogens with two attached hydrogens (primary N) is 1. The Bertz CT molecular complexity index is 1510. The molecular formula is C36H41NO6. The van der Waals surface area contributed by atoms with Crippen LogP contribution in [0.2, 0.25) is 0 Å². The molecule has 1 saturated heterocycles. The first-order chi connectivity index (χ1) is 20.6. The van der Waals surface area contributed by atoms with Crippen LogP contribution >= 0.6 is 0 Å². The van der Waals surface area contributed by atoms with Crippen molar-refractivity contribution >= 4 is 17.3 Å². The molecule has 43 heavy (non-hydrogen) atoms. The van der Waals surface area contributed by atoms with Gasteiger partial charge in [0.05, 0.1) is 12.2 Å². The van der Waals surface area contributed by atoms with Gasteiger partial charge >= 0.3 is 0 Å². The molecule has 7 heteroatoms. The number of fused-ring (bicyclic) bond motifs is 7. The lowest BCUT2D eigenvalue weighted by atomic mass is 9.45. The van der Waals surface area contributed by atoms with Crippen molar-refractivity contribution in [3.05, 3.63) is 65.3 Å². The zero-order valence-corrected chi connectivity index (χ0v) is 24.9. The average molecular weight is 584 g/mol. The molecular weight excluding hydrogens is 542 g/mol. The second kappa shape index (κ2) is 10.3. The third kappa shape index (κ3) is 4.25.